The minimum atomic E-state index is -4.44. The zero-order valence-corrected chi connectivity index (χ0v) is 21.7. The van der Waals surface area contributed by atoms with Crippen molar-refractivity contribution in [3.63, 3.8) is 0 Å². The number of hydrogen-bond acceptors (Lipinski definition) is 8. The number of rotatable bonds is 10. The van der Waals surface area contributed by atoms with Crippen LogP contribution < -0.4 is 10.6 Å². The molecule has 11 nitrogen and oxygen atoms in total. The van der Waals surface area contributed by atoms with Gasteiger partial charge in [-0.1, -0.05) is 5.16 Å². The number of nitrogens with zero attached hydrogens (tertiary/aromatic N) is 5. The van der Waals surface area contributed by atoms with Crippen LogP contribution in [0.15, 0.2) is 23.1 Å². The van der Waals surface area contributed by atoms with Crippen LogP contribution >= 0.6 is 0 Å². The van der Waals surface area contributed by atoms with Gasteiger partial charge in [-0.15, -0.1) is 0 Å². The van der Waals surface area contributed by atoms with E-state index in [-0.39, 0.29) is 43.0 Å². The van der Waals surface area contributed by atoms with Gasteiger partial charge < -0.3 is 15.7 Å². The van der Waals surface area contributed by atoms with Crippen molar-refractivity contribution in [2.75, 3.05) is 0 Å². The Morgan fingerprint density at radius 3 is 2.46 bits per heavy atom. The van der Waals surface area contributed by atoms with Crippen LogP contribution in [0.5, 0.6) is 0 Å². The zero-order chi connectivity index (χ0) is 29.4. The lowest BCUT2D eigenvalue weighted by Gasteiger charge is -2.33. The minimum Gasteiger partial charge on any atom is -0.390 e. The van der Waals surface area contributed by atoms with Crippen molar-refractivity contribution < 1.29 is 41.3 Å². The maximum absolute atomic E-state index is 13.9. The summed E-state index contributed by atoms with van der Waals surface area (Å²) in [4.78, 5) is 29.9. The van der Waals surface area contributed by atoms with Gasteiger partial charge in [-0.3, -0.25) is 9.59 Å². The van der Waals surface area contributed by atoms with E-state index in [1.807, 2.05) is 0 Å². The highest BCUT2D eigenvalue weighted by atomic mass is 19.4. The lowest BCUT2D eigenvalue weighted by atomic mass is 9.81. The quantitative estimate of drug-likeness (QED) is 0.305. The fourth-order valence-electron chi connectivity index (χ4n) is 5.15. The molecule has 0 aliphatic heterocycles. The molecule has 3 aromatic rings. The highest BCUT2D eigenvalue weighted by Gasteiger charge is 2.40. The number of aliphatic hydroxyl groups excluding tert-OH is 1. The van der Waals surface area contributed by atoms with Gasteiger partial charge in [0.25, 0.3) is 5.91 Å². The monoisotopic (exact) mass is 585 g/mol. The molecule has 3 aromatic heterocycles. The number of aromatic nitrogens is 5. The summed E-state index contributed by atoms with van der Waals surface area (Å²) >= 11 is 0. The number of carbonyl (C=O) groups excluding carboxylic acids is 2. The Bertz CT molecular complexity index is 1390. The van der Waals surface area contributed by atoms with Crippen molar-refractivity contribution in [1.82, 2.24) is 35.5 Å². The first-order valence-electron chi connectivity index (χ1n) is 13.2. The summed E-state index contributed by atoms with van der Waals surface area (Å²) < 4.78 is 71.5. The summed E-state index contributed by atoms with van der Waals surface area (Å²) in [5, 5.41) is 26.2. The second-order valence-electron chi connectivity index (χ2n) is 10.6. The van der Waals surface area contributed by atoms with Gasteiger partial charge >= 0.3 is 6.18 Å². The lowest BCUT2D eigenvalue weighted by Crippen LogP contribution is -2.37. The molecule has 2 fully saturated rings. The van der Waals surface area contributed by atoms with Crippen LogP contribution in [-0.2, 0) is 11.4 Å². The van der Waals surface area contributed by atoms with Crippen molar-refractivity contribution in [2.45, 2.75) is 82.2 Å². The van der Waals surface area contributed by atoms with Gasteiger partial charge in [-0.05, 0) is 54.3 Å². The highest BCUT2D eigenvalue weighted by molar-refractivity contribution is 5.93. The molecule has 0 aromatic carbocycles. The van der Waals surface area contributed by atoms with Gasteiger partial charge in [-0.2, -0.15) is 18.3 Å². The number of hydrogen-bond donors (Lipinski definition) is 3. The predicted octanol–water partition coefficient (Wildman–Crippen LogP) is 3.81. The summed E-state index contributed by atoms with van der Waals surface area (Å²) in [7, 11) is 0. The Morgan fingerprint density at radius 2 is 1.80 bits per heavy atom. The number of fused-ring (bicyclic) bond motifs is 1. The summed E-state index contributed by atoms with van der Waals surface area (Å²) in [5.41, 5.74) is 0.929. The van der Waals surface area contributed by atoms with Gasteiger partial charge in [0.2, 0.25) is 11.8 Å². The predicted molar refractivity (Wildman–Crippen MR) is 129 cm³/mol. The van der Waals surface area contributed by atoms with E-state index in [0.717, 1.165) is 12.8 Å². The Morgan fingerprint density at radius 1 is 1.10 bits per heavy atom. The Kier molecular flexibility index (Phi) is 7.94. The summed E-state index contributed by atoms with van der Waals surface area (Å²) in [5.74, 6) is -4.59. The molecule has 41 heavy (non-hydrogen) atoms. The Labute approximate surface area is 229 Å². The average Bonchev–Trinajstić information content (AvgIpc) is 3.48. The summed E-state index contributed by atoms with van der Waals surface area (Å²) in [6.45, 7) is -0.595. The molecular formula is C25H28F5N7O4. The highest BCUT2D eigenvalue weighted by Crippen LogP contribution is 2.43. The number of alkyl halides is 5. The first-order chi connectivity index (χ1) is 19.4. The molecule has 2 amide bonds. The molecule has 16 heteroatoms. The third-order valence-electron chi connectivity index (χ3n) is 7.52. The maximum atomic E-state index is 13.9. The number of halogens is 5. The van der Waals surface area contributed by atoms with Crippen molar-refractivity contribution in [1.29, 1.82) is 0 Å². The van der Waals surface area contributed by atoms with Crippen molar-refractivity contribution in [3.8, 4) is 0 Å². The normalized spacial score (nSPS) is 19.2. The van der Waals surface area contributed by atoms with E-state index in [1.165, 1.54) is 10.7 Å². The van der Waals surface area contributed by atoms with E-state index in [4.69, 9.17) is 0 Å². The minimum absolute atomic E-state index is 0.0521. The molecule has 0 unspecified atom stereocenters. The van der Waals surface area contributed by atoms with Crippen LogP contribution in [0.25, 0.3) is 5.65 Å². The molecule has 0 spiro atoms. The van der Waals surface area contributed by atoms with Gasteiger partial charge in [-0.25, -0.2) is 22.9 Å². The fourth-order valence-corrected chi connectivity index (χ4v) is 5.15. The second kappa shape index (κ2) is 11.3. The first-order valence-corrected chi connectivity index (χ1v) is 13.2. The smallest absolute Gasteiger partial charge is 0.389 e. The third kappa shape index (κ3) is 6.97. The topological polar surface area (TPSA) is 148 Å². The van der Waals surface area contributed by atoms with Gasteiger partial charge in [0, 0.05) is 19.3 Å². The molecule has 2 atom stereocenters. The van der Waals surface area contributed by atoms with Gasteiger partial charge in [0.15, 0.2) is 11.3 Å². The SMILES string of the molecule is O=C(CCC(F)(F)F)N[C@@H](c1cnn2cc([C@@H](NC(=O)c3nonc3CO)C3CCC(F)(F)CC3)nc2c1)C1CC1. The van der Waals surface area contributed by atoms with Gasteiger partial charge in [0.05, 0.1) is 43.2 Å². The van der Waals surface area contributed by atoms with Crippen molar-refractivity contribution in [2.24, 2.45) is 11.8 Å². The molecule has 2 saturated carbocycles. The van der Waals surface area contributed by atoms with Crippen LogP contribution in [0, 0.1) is 11.8 Å². The molecule has 0 radical (unpaired) electrons. The molecule has 222 valence electrons. The summed E-state index contributed by atoms with van der Waals surface area (Å²) in [6.07, 6.45) is -2.20. The molecule has 5 rings (SSSR count). The maximum Gasteiger partial charge on any atom is 0.389 e. The van der Waals surface area contributed by atoms with E-state index < -0.39 is 61.4 Å². The van der Waals surface area contributed by atoms with Crippen molar-refractivity contribution >= 4 is 17.5 Å². The third-order valence-corrected chi connectivity index (χ3v) is 7.52. The molecular weight excluding hydrogens is 557 g/mol. The average molecular weight is 586 g/mol. The van der Waals surface area contributed by atoms with Crippen LogP contribution in [0.2, 0.25) is 0 Å². The van der Waals surface area contributed by atoms with Crippen LogP contribution in [-0.4, -0.2) is 53.9 Å². The van der Waals surface area contributed by atoms with Crippen LogP contribution in [0.4, 0.5) is 22.0 Å². The van der Waals surface area contributed by atoms with Crippen LogP contribution in [0.3, 0.4) is 0 Å². The molecule has 2 aliphatic rings. The number of nitrogens with one attached hydrogen (secondary N) is 2. The lowest BCUT2D eigenvalue weighted by molar-refractivity contribution is -0.144. The molecule has 0 saturated heterocycles. The number of aliphatic hydroxyl groups is 1. The van der Waals surface area contributed by atoms with Gasteiger partial charge in [0.1, 0.15) is 5.69 Å². The molecule has 0 bridgehead atoms. The van der Waals surface area contributed by atoms with E-state index in [0.29, 0.717) is 16.9 Å². The van der Waals surface area contributed by atoms with E-state index in [2.05, 4.69) is 35.7 Å². The fraction of sp³-hybridized carbons (Fsp3) is 0.600. The standard InChI is InChI=1S/C25H28F5N7O4/c26-24(27)6-3-14(4-7-24)21(34-23(40)22-17(12-38)35-41-36-22)16-11-37-18(32-16)9-15(10-31-37)20(13-1-2-13)33-19(39)5-8-25(28,29)30/h9-11,13-14,20-21,38H,1-8,12H2,(H,33,39)(H,34,40)/t20-,21+/m1/s1. The number of imidazole rings is 1. The second-order valence-corrected chi connectivity index (χ2v) is 10.6. The molecule has 3 heterocycles. The zero-order valence-electron chi connectivity index (χ0n) is 21.7. The first kappa shape index (κ1) is 28.8. The van der Waals surface area contributed by atoms with Crippen LogP contribution in [0.1, 0.15) is 90.9 Å². The largest absolute Gasteiger partial charge is 0.390 e. The van der Waals surface area contributed by atoms with E-state index in [1.54, 1.807) is 12.3 Å². The Balaban J connectivity index is 1.40. The van der Waals surface area contributed by atoms with E-state index in [9.17, 15) is 36.6 Å². The number of amides is 2. The molecule has 3 N–H and O–H groups in total. The summed E-state index contributed by atoms with van der Waals surface area (Å²) in [6, 6.07) is 0.303. The number of carbonyl (C=O) groups is 2. The van der Waals surface area contributed by atoms with E-state index >= 15 is 0 Å². The Hall–Kier alpha value is -3.69. The van der Waals surface area contributed by atoms with Crippen molar-refractivity contribution in [3.05, 3.63) is 41.1 Å². The molecule has 2 aliphatic carbocycles.